The molecule has 1 rings (SSSR count). The minimum atomic E-state index is -1.25. The van der Waals surface area contributed by atoms with Crippen LogP contribution >= 0.6 is 23.4 Å². The van der Waals surface area contributed by atoms with Crippen molar-refractivity contribution < 1.29 is 19.8 Å². The Morgan fingerprint density at radius 2 is 2.17 bits per heavy atom. The summed E-state index contributed by atoms with van der Waals surface area (Å²) in [6, 6.07) is 4.43. The van der Waals surface area contributed by atoms with Gasteiger partial charge >= 0.3 is 0 Å². The van der Waals surface area contributed by atoms with Gasteiger partial charge in [0.1, 0.15) is 12.4 Å². The number of thioether (sulfide) groups is 1. The molecular formula is C12H13ClO4S. The average Bonchev–Trinajstić information content (AvgIpc) is 2.34. The molecule has 0 aliphatic carbocycles. The lowest BCUT2D eigenvalue weighted by atomic mass is 10.00. The zero-order chi connectivity index (χ0) is 13.7. The molecular weight excluding hydrogens is 276 g/mol. The normalized spacial score (nSPS) is 14.0. The molecule has 4 nitrogen and oxygen atoms in total. The van der Waals surface area contributed by atoms with Crippen molar-refractivity contribution in [2.45, 2.75) is 19.1 Å². The molecule has 6 heteroatoms. The third kappa shape index (κ3) is 4.10. The van der Waals surface area contributed by atoms with Crippen LogP contribution in [0.15, 0.2) is 18.2 Å². The topological polar surface area (TPSA) is 74.6 Å². The molecule has 2 N–H and O–H groups in total. The van der Waals surface area contributed by atoms with E-state index in [0.29, 0.717) is 11.3 Å². The van der Waals surface area contributed by atoms with Gasteiger partial charge in [0.05, 0.1) is 6.10 Å². The minimum Gasteiger partial charge on any atom is -0.389 e. The third-order valence-corrected chi connectivity index (χ3v) is 3.47. The standard InChI is InChI=1S/C12H13ClO4S/c1-7(15)18-6-11(16)12(17)10-4-9(13)3-2-8(10)5-14/h2-5,11-12,16-17H,6H2,1H3. The molecule has 0 saturated carbocycles. The summed E-state index contributed by atoms with van der Waals surface area (Å²) in [5.74, 6) is 0.0569. The maximum atomic E-state index is 10.8. The van der Waals surface area contributed by atoms with E-state index in [1.54, 1.807) is 0 Å². The Hall–Kier alpha value is -0.880. The van der Waals surface area contributed by atoms with Gasteiger partial charge < -0.3 is 10.2 Å². The molecule has 0 fully saturated rings. The van der Waals surface area contributed by atoms with Gasteiger partial charge in [-0.2, -0.15) is 0 Å². The first kappa shape index (κ1) is 15.2. The zero-order valence-electron chi connectivity index (χ0n) is 9.67. The van der Waals surface area contributed by atoms with Crippen molar-refractivity contribution >= 4 is 34.8 Å². The zero-order valence-corrected chi connectivity index (χ0v) is 11.2. The van der Waals surface area contributed by atoms with E-state index < -0.39 is 12.2 Å². The highest BCUT2D eigenvalue weighted by Gasteiger charge is 2.22. The van der Waals surface area contributed by atoms with Gasteiger partial charge in [-0.25, -0.2) is 0 Å². The number of carbonyl (C=O) groups is 2. The molecule has 0 aromatic heterocycles. The lowest BCUT2D eigenvalue weighted by Crippen LogP contribution is -2.22. The summed E-state index contributed by atoms with van der Waals surface area (Å²) in [5, 5.41) is 19.9. The quantitative estimate of drug-likeness (QED) is 0.809. The van der Waals surface area contributed by atoms with Crippen molar-refractivity contribution in [2.75, 3.05) is 5.75 Å². The molecule has 0 radical (unpaired) electrons. The molecule has 1 aromatic carbocycles. The highest BCUT2D eigenvalue weighted by Crippen LogP contribution is 2.25. The summed E-state index contributed by atoms with van der Waals surface area (Å²) >= 11 is 6.69. The van der Waals surface area contributed by atoms with Gasteiger partial charge in [0, 0.05) is 23.3 Å². The number of benzene rings is 1. The van der Waals surface area contributed by atoms with E-state index in [-0.39, 0.29) is 22.0 Å². The molecule has 0 bridgehead atoms. The predicted octanol–water partition coefficient (Wildman–Crippen LogP) is 1.83. The molecule has 2 atom stereocenters. The summed E-state index contributed by atoms with van der Waals surface area (Å²) in [5.41, 5.74) is 0.521. The minimum absolute atomic E-state index is 0.0569. The van der Waals surface area contributed by atoms with Gasteiger partial charge in [-0.05, 0) is 23.8 Å². The van der Waals surface area contributed by atoms with Crippen molar-refractivity contribution in [3.8, 4) is 0 Å². The second-order valence-corrected chi connectivity index (χ2v) is 5.34. The third-order valence-electron chi connectivity index (χ3n) is 2.32. The van der Waals surface area contributed by atoms with E-state index in [9.17, 15) is 19.8 Å². The lowest BCUT2D eigenvalue weighted by Gasteiger charge is -2.19. The summed E-state index contributed by atoms with van der Waals surface area (Å²) in [7, 11) is 0. The van der Waals surface area contributed by atoms with E-state index in [4.69, 9.17) is 11.6 Å². The van der Waals surface area contributed by atoms with Gasteiger partial charge in [0.15, 0.2) is 5.12 Å². The van der Waals surface area contributed by atoms with E-state index in [0.717, 1.165) is 11.8 Å². The van der Waals surface area contributed by atoms with Gasteiger partial charge in [-0.1, -0.05) is 23.4 Å². The largest absolute Gasteiger partial charge is 0.389 e. The van der Waals surface area contributed by atoms with Crippen molar-refractivity contribution in [1.82, 2.24) is 0 Å². The van der Waals surface area contributed by atoms with Crippen LogP contribution in [0.5, 0.6) is 0 Å². The number of hydrogen-bond acceptors (Lipinski definition) is 5. The Bertz CT molecular complexity index is 450. The summed E-state index contributed by atoms with van der Waals surface area (Å²) in [6.45, 7) is 1.38. The van der Waals surface area contributed by atoms with Gasteiger partial charge in [0.25, 0.3) is 0 Å². The smallest absolute Gasteiger partial charge is 0.185 e. The first-order valence-corrected chi connectivity index (χ1v) is 6.56. The summed E-state index contributed by atoms with van der Waals surface area (Å²) in [6.07, 6.45) is -1.81. The Balaban J connectivity index is 2.88. The van der Waals surface area contributed by atoms with Crippen LogP contribution in [0.4, 0.5) is 0 Å². The molecule has 0 saturated heterocycles. The number of halogens is 1. The van der Waals surface area contributed by atoms with Crippen LogP contribution in [0.1, 0.15) is 28.9 Å². The highest BCUT2D eigenvalue weighted by atomic mass is 35.5. The van der Waals surface area contributed by atoms with Crippen LogP contribution in [0.2, 0.25) is 5.02 Å². The van der Waals surface area contributed by atoms with Crippen LogP contribution in [-0.2, 0) is 4.79 Å². The molecule has 98 valence electrons. The first-order valence-electron chi connectivity index (χ1n) is 5.19. The van der Waals surface area contributed by atoms with Crippen LogP contribution in [0, 0.1) is 0 Å². The number of aliphatic hydroxyl groups is 2. The summed E-state index contributed by atoms with van der Waals surface area (Å²) < 4.78 is 0. The second kappa shape index (κ2) is 6.89. The van der Waals surface area contributed by atoms with E-state index in [1.807, 2.05) is 0 Å². The van der Waals surface area contributed by atoms with Gasteiger partial charge in [-0.3, -0.25) is 9.59 Å². The fraction of sp³-hybridized carbons (Fsp3) is 0.333. The van der Waals surface area contributed by atoms with Crippen LogP contribution in [0.25, 0.3) is 0 Å². The van der Waals surface area contributed by atoms with Crippen LogP contribution < -0.4 is 0 Å². The monoisotopic (exact) mass is 288 g/mol. The Morgan fingerprint density at radius 3 is 2.72 bits per heavy atom. The van der Waals surface area contributed by atoms with Crippen molar-refractivity contribution in [1.29, 1.82) is 0 Å². The van der Waals surface area contributed by atoms with Gasteiger partial charge in [0.2, 0.25) is 0 Å². The number of rotatable bonds is 5. The molecule has 18 heavy (non-hydrogen) atoms. The van der Waals surface area contributed by atoms with Crippen molar-refractivity contribution in [3.05, 3.63) is 34.3 Å². The maximum Gasteiger partial charge on any atom is 0.185 e. The molecule has 0 aliphatic rings. The molecule has 0 spiro atoms. The molecule has 0 heterocycles. The van der Waals surface area contributed by atoms with Crippen molar-refractivity contribution in [2.24, 2.45) is 0 Å². The van der Waals surface area contributed by atoms with E-state index in [2.05, 4.69) is 0 Å². The second-order valence-electron chi connectivity index (χ2n) is 3.71. The van der Waals surface area contributed by atoms with Crippen LogP contribution in [-0.4, -0.2) is 33.5 Å². The van der Waals surface area contributed by atoms with Crippen LogP contribution in [0.3, 0.4) is 0 Å². The lowest BCUT2D eigenvalue weighted by molar-refractivity contribution is -0.109. The van der Waals surface area contributed by atoms with E-state index in [1.165, 1.54) is 25.1 Å². The molecule has 2 unspecified atom stereocenters. The Kier molecular flexibility index (Phi) is 5.81. The maximum absolute atomic E-state index is 10.8. The predicted molar refractivity (Wildman–Crippen MR) is 70.9 cm³/mol. The number of hydrogen-bond donors (Lipinski definition) is 2. The number of aldehydes is 1. The highest BCUT2D eigenvalue weighted by molar-refractivity contribution is 8.13. The number of carbonyl (C=O) groups excluding carboxylic acids is 2. The molecule has 1 aromatic rings. The van der Waals surface area contributed by atoms with E-state index >= 15 is 0 Å². The molecule has 0 aliphatic heterocycles. The Morgan fingerprint density at radius 1 is 1.50 bits per heavy atom. The number of aliphatic hydroxyl groups excluding tert-OH is 2. The fourth-order valence-electron chi connectivity index (χ4n) is 1.41. The first-order chi connectivity index (χ1) is 8.45. The van der Waals surface area contributed by atoms with Gasteiger partial charge in [-0.15, -0.1) is 0 Å². The Labute approximate surface area is 114 Å². The SMILES string of the molecule is CC(=O)SCC(O)C(O)c1cc(Cl)ccc1C=O. The average molecular weight is 289 g/mol. The summed E-state index contributed by atoms with van der Waals surface area (Å²) in [4.78, 5) is 21.6. The fourth-order valence-corrected chi connectivity index (χ4v) is 2.18. The van der Waals surface area contributed by atoms with Crippen molar-refractivity contribution in [3.63, 3.8) is 0 Å². The molecule has 0 amide bonds.